The molecule has 2 aromatic rings. The predicted octanol–water partition coefficient (Wildman–Crippen LogP) is 3.82. The number of hydrazone groups is 1. The molecular weight excluding hydrogens is 291 g/mol. The van der Waals surface area contributed by atoms with Gasteiger partial charge in [-0.1, -0.05) is 29.3 Å². The molecule has 92 valence electrons. The average Bonchev–Trinajstić information content (AvgIpc) is 2.85. The summed E-state index contributed by atoms with van der Waals surface area (Å²) in [7, 11) is 0. The van der Waals surface area contributed by atoms with E-state index in [1.807, 2.05) is 17.5 Å². The monoisotopic (exact) mass is 298 g/mol. The lowest BCUT2D eigenvalue weighted by molar-refractivity contribution is 0.0955. The molecule has 0 bridgehead atoms. The fourth-order valence-electron chi connectivity index (χ4n) is 1.25. The second-order valence-corrected chi connectivity index (χ2v) is 5.16. The second-order valence-electron chi connectivity index (χ2n) is 3.34. The summed E-state index contributed by atoms with van der Waals surface area (Å²) in [4.78, 5) is 12.7. The van der Waals surface area contributed by atoms with E-state index in [9.17, 15) is 4.79 Å². The van der Waals surface area contributed by atoms with Crippen LogP contribution < -0.4 is 5.43 Å². The third kappa shape index (κ3) is 3.32. The third-order valence-electron chi connectivity index (χ3n) is 2.07. The summed E-state index contributed by atoms with van der Waals surface area (Å²) in [6, 6.07) is 8.49. The molecule has 1 N–H and O–H groups in total. The lowest BCUT2D eigenvalue weighted by Gasteiger charge is -2.02. The summed E-state index contributed by atoms with van der Waals surface area (Å²) >= 11 is 13.2. The molecule has 0 saturated heterocycles. The number of halogens is 2. The zero-order chi connectivity index (χ0) is 13.0. The van der Waals surface area contributed by atoms with Crippen LogP contribution in [0.25, 0.3) is 0 Å². The highest BCUT2D eigenvalue weighted by molar-refractivity contribution is 7.11. The number of carbonyl (C=O) groups is 1. The van der Waals surface area contributed by atoms with Gasteiger partial charge in [-0.25, -0.2) is 5.43 Å². The number of amides is 1. The summed E-state index contributed by atoms with van der Waals surface area (Å²) in [5, 5.41) is 6.56. The van der Waals surface area contributed by atoms with E-state index in [-0.39, 0.29) is 0 Å². The first-order valence-electron chi connectivity index (χ1n) is 4.99. The zero-order valence-electron chi connectivity index (χ0n) is 9.06. The van der Waals surface area contributed by atoms with Gasteiger partial charge in [-0.15, -0.1) is 11.3 Å². The quantitative estimate of drug-likeness (QED) is 0.679. The zero-order valence-corrected chi connectivity index (χ0v) is 11.4. The van der Waals surface area contributed by atoms with E-state index in [1.165, 1.54) is 17.4 Å². The van der Waals surface area contributed by atoms with Crippen molar-refractivity contribution in [2.45, 2.75) is 0 Å². The van der Waals surface area contributed by atoms with Crippen LogP contribution in [-0.4, -0.2) is 12.1 Å². The van der Waals surface area contributed by atoms with Gasteiger partial charge >= 0.3 is 0 Å². The lowest BCUT2D eigenvalue weighted by atomic mass is 10.2. The molecule has 0 atom stereocenters. The van der Waals surface area contributed by atoms with Crippen molar-refractivity contribution in [3.63, 3.8) is 0 Å². The lowest BCUT2D eigenvalue weighted by Crippen LogP contribution is -2.17. The van der Waals surface area contributed by atoms with Gasteiger partial charge in [0.1, 0.15) is 0 Å². The number of hydrogen-bond acceptors (Lipinski definition) is 3. The molecule has 0 fully saturated rings. The van der Waals surface area contributed by atoms with Crippen molar-refractivity contribution in [2.75, 3.05) is 0 Å². The number of thiophene rings is 1. The number of nitrogens with one attached hydrogen (secondary N) is 1. The van der Waals surface area contributed by atoms with Crippen molar-refractivity contribution in [3.05, 3.63) is 56.2 Å². The SMILES string of the molecule is O=C(N/N=C\c1cccs1)c1cc(Cl)ccc1Cl. The standard InChI is InChI=1S/C12H8Cl2N2OS/c13-8-3-4-11(14)10(6-8)12(17)16-15-7-9-2-1-5-18-9/h1-7H,(H,16,17)/b15-7-. The normalized spacial score (nSPS) is 10.8. The van der Waals surface area contributed by atoms with E-state index in [0.717, 1.165) is 4.88 Å². The molecule has 0 spiro atoms. The molecule has 0 aliphatic carbocycles. The van der Waals surface area contributed by atoms with Crippen LogP contribution in [0.15, 0.2) is 40.8 Å². The van der Waals surface area contributed by atoms with Crippen molar-refractivity contribution >= 4 is 46.7 Å². The molecule has 18 heavy (non-hydrogen) atoms. The van der Waals surface area contributed by atoms with Crippen LogP contribution in [0.5, 0.6) is 0 Å². The number of benzene rings is 1. The Kier molecular flexibility index (Phi) is 4.36. The van der Waals surface area contributed by atoms with Crippen molar-refractivity contribution in [2.24, 2.45) is 5.10 Å². The van der Waals surface area contributed by atoms with Crippen LogP contribution in [0, 0.1) is 0 Å². The third-order valence-corrected chi connectivity index (χ3v) is 3.45. The molecule has 3 nitrogen and oxygen atoms in total. The van der Waals surface area contributed by atoms with Crippen LogP contribution in [0.3, 0.4) is 0 Å². The van der Waals surface area contributed by atoms with E-state index in [0.29, 0.717) is 15.6 Å². The molecule has 1 amide bonds. The first-order valence-corrected chi connectivity index (χ1v) is 6.62. The maximum Gasteiger partial charge on any atom is 0.272 e. The van der Waals surface area contributed by atoms with E-state index in [4.69, 9.17) is 23.2 Å². The Morgan fingerprint density at radius 3 is 2.89 bits per heavy atom. The van der Waals surface area contributed by atoms with Gasteiger partial charge in [0.2, 0.25) is 0 Å². The molecule has 0 radical (unpaired) electrons. The minimum atomic E-state index is -0.393. The Hall–Kier alpha value is -1.36. The van der Waals surface area contributed by atoms with Crippen molar-refractivity contribution in [1.82, 2.24) is 5.43 Å². The highest BCUT2D eigenvalue weighted by Crippen LogP contribution is 2.20. The van der Waals surface area contributed by atoms with Gasteiger partial charge in [0.25, 0.3) is 5.91 Å². The average molecular weight is 299 g/mol. The van der Waals surface area contributed by atoms with Crippen LogP contribution in [0.4, 0.5) is 0 Å². The molecule has 0 unspecified atom stereocenters. The molecule has 1 aromatic carbocycles. The van der Waals surface area contributed by atoms with E-state index >= 15 is 0 Å². The Morgan fingerprint density at radius 1 is 1.33 bits per heavy atom. The molecule has 2 rings (SSSR count). The fraction of sp³-hybridized carbons (Fsp3) is 0. The van der Waals surface area contributed by atoms with Gasteiger partial charge in [0.05, 0.1) is 16.8 Å². The van der Waals surface area contributed by atoms with Crippen molar-refractivity contribution in [3.8, 4) is 0 Å². The van der Waals surface area contributed by atoms with Gasteiger partial charge in [-0.3, -0.25) is 4.79 Å². The topological polar surface area (TPSA) is 41.5 Å². The maximum absolute atomic E-state index is 11.8. The van der Waals surface area contributed by atoms with Gasteiger partial charge in [-0.05, 0) is 29.6 Å². The highest BCUT2D eigenvalue weighted by atomic mass is 35.5. The summed E-state index contributed by atoms with van der Waals surface area (Å²) < 4.78 is 0. The predicted molar refractivity (Wildman–Crippen MR) is 75.8 cm³/mol. The first-order chi connectivity index (χ1) is 8.66. The van der Waals surface area contributed by atoms with Crippen LogP contribution in [0.1, 0.15) is 15.2 Å². The molecule has 1 aromatic heterocycles. The number of carbonyl (C=O) groups excluding carboxylic acids is 1. The van der Waals surface area contributed by atoms with Crippen molar-refractivity contribution < 1.29 is 4.79 Å². The minimum Gasteiger partial charge on any atom is -0.267 e. The summed E-state index contributed by atoms with van der Waals surface area (Å²) in [6.07, 6.45) is 1.57. The Labute approximate surface area is 118 Å². The van der Waals surface area contributed by atoms with Gasteiger partial charge in [0.15, 0.2) is 0 Å². The molecule has 1 heterocycles. The van der Waals surface area contributed by atoms with E-state index in [1.54, 1.807) is 18.3 Å². The van der Waals surface area contributed by atoms with E-state index < -0.39 is 5.91 Å². The highest BCUT2D eigenvalue weighted by Gasteiger charge is 2.09. The smallest absolute Gasteiger partial charge is 0.267 e. The van der Waals surface area contributed by atoms with Gasteiger partial charge in [-0.2, -0.15) is 5.10 Å². The van der Waals surface area contributed by atoms with Gasteiger partial charge in [0, 0.05) is 9.90 Å². The molecule has 0 saturated carbocycles. The number of hydrogen-bond donors (Lipinski definition) is 1. The number of nitrogens with zero attached hydrogens (tertiary/aromatic N) is 1. The molecule has 6 heteroatoms. The number of rotatable bonds is 3. The molecule has 0 aliphatic rings. The minimum absolute atomic E-state index is 0.299. The van der Waals surface area contributed by atoms with Crippen LogP contribution >= 0.6 is 34.5 Å². The largest absolute Gasteiger partial charge is 0.272 e. The van der Waals surface area contributed by atoms with Crippen molar-refractivity contribution in [1.29, 1.82) is 0 Å². The maximum atomic E-state index is 11.8. The van der Waals surface area contributed by atoms with Gasteiger partial charge < -0.3 is 0 Å². The fourth-order valence-corrected chi connectivity index (χ4v) is 2.21. The summed E-state index contributed by atoms with van der Waals surface area (Å²) in [6.45, 7) is 0. The van der Waals surface area contributed by atoms with Crippen LogP contribution in [-0.2, 0) is 0 Å². The Morgan fingerprint density at radius 2 is 2.17 bits per heavy atom. The molecule has 0 aliphatic heterocycles. The summed E-state index contributed by atoms with van der Waals surface area (Å²) in [5.74, 6) is -0.393. The van der Waals surface area contributed by atoms with Crippen LogP contribution in [0.2, 0.25) is 10.0 Å². The summed E-state index contributed by atoms with van der Waals surface area (Å²) in [5.41, 5.74) is 2.70. The first kappa shape index (κ1) is 13.1. The Balaban J connectivity index is 2.06. The van der Waals surface area contributed by atoms with E-state index in [2.05, 4.69) is 10.5 Å². The second kappa shape index (κ2) is 6.00. The Bertz CT molecular complexity index is 582. The molecular formula is C12H8Cl2N2OS.